The summed E-state index contributed by atoms with van der Waals surface area (Å²) in [4.78, 5) is 22.7. The second kappa shape index (κ2) is 11.1. The summed E-state index contributed by atoms with van der Waals surface area (Å²) in [6.45, 7) is 5.47. The number of nitrogens with one attached hydrogen (secondary N) is 2. The number of amides is 2. The fourth-order valence-corrected chi connectivity index (χ4v) is 2.20. The summed E-state index contributed by atoms with van der Waals surface area (Å²) in [6, 6.07) is 7.78. The third-order valence-corrected chi connectivity index (χ3v) is 3.44. The highest BCUT2D eigenvalue weighted by Crippen LogP contribution is 2.22. The molecular weight excluding hydrogens is 306 g/mol. The standard InChI is InChI=1S/C18H25N3O3/c1-14-6-3-7-15(2)18(14)24-13-4-8-16(22)20-11-5-12-21-17(23)9-10-19/h3,6-7H,4-5,8-9,11-13H2,1-2H3,(H,20,22)(H,21,23). The van der Waals surface area contributed by atoms with Gasteiger partial charge in [-0.05, 0) is 37.8 Å². The highest BCUT2D eigenvalue weighted by molar-refractivity contribution is 5.78. The zero-order chi connectivity index (χ0) is 17.8. The number of para-hydroxylation sites is 1. The molecule has 6 nitrogen and oxygen atoms in total. The SMILES string of the molecule is Cc1cccc(C)c1OCCCC(=O)NCCCNC(=O)CC#N. The third kappa shape index (κ3) is 7.63. The Labute approximate surface area is 143 Å². The summed E-state index contributed by atoms with van der Waals surface area (Å²) in [5.74, 6) is 0.585. The largest absolute Gasteiger partial charge is 0.493 e. The van der Waals surface area contributed by atoms with E-state index in [2.05, 4.69) is 10.6 Å². The Morgan fingerprint density at radius 2 is 1.71 bits per heavy atom. The molecule has 0 heterocycles. The quantitative estimate of drug-likeness (QED) is 0.642. The number of carbonyl (C=O) groups is 2. The van der Waals surface area contributed by atoms with Crippen molar-refractivity contribution in [2.24, 2.45) is 0 Å². The maximum absolute atomic E-state index is 11.7. The summed E-state index contributed by atoms with van der Waals surface area (Å²) < 4.78 is 5.76. The van der Waals surface area contributed by atoms with Gasteiger partial charge in [0.2, 0.25) is 11.8 Å². The van der Waals surface area contributed by atoms with E-state index in [1.54, 1.807) is 6.07 Å². The topological polar surface area (TPSA) is 91.2 Å². The first kappa shape index (κ1) is 19.5. The van der Waals surface area contributed by atoms with Crippen LogP contribution in [0.5, 0.6) is 5.75 Å². The average molecular weight is 331 g/mol. The Hall–Kier alpha value is -2.55. The lowest BCUT2D eigenvalue weighted by Gasteiger charge is -2.11. The third-order valence-electron chi connectivity index (χ3n) is 3.44. The smallest absolute Gasteiger partial charge is 0.234 e. The van der Waals surface area contributed by atoms with Crippen LogP contribution in [0.15, 0.2) is 18.2 Å². The minimum absolute atomic E-state index is 0.0246. The van der Waals surface area contributed by atoms with E-state index in [0.717, 1.165) is 16.9 Å². The lowest BCUT2D eigenvalue weighted by Crippen LogP contribution is -2.29. The summed E-state index contributed by atoms with van der Waals surface area (Å²) >= 11 is 0. The van der Waals surface area contributed by atoms with E-state index in [0.29, 0.717) is 39.0 Å². The van der Waals surface area contributed by atoms with Gasteiger partial charge in [0, 0.05) is 19.5 Å². The fourth-order valence-electron chi connectivity index (χ4n) is 2.20. The summed E-state index contributed by atoms with van der Waals surface area (Å²) in [5.41, 5.74) is 2.19. The van der Waals surface area contributed by atoms with E-state index in [9.17, 15) is 9.59 Å². The normalized spacial score (nSPS) is 9.88. The van der Waals surface area contributed by atoms with Gasteiger partial charge in [-0.2, -0.15) is 5.26 Å². The van der Waals surface area contributed by atoms with Crippen LogP contribution in [0.3, 0.4) is 0 Å². The molecule has 0 atom stereocenters. The van der Waals surface area contributed by atoms with E-state index in [-0.39, 0.29) is 18.2 Å². The zero-order valence-corrected chi connectivity index (χ0v) is 14.4. The molecule has 0 saturated carbocycles. The first-order chi connectivity index (χ1) is 11.5. The van der Waals surface area contributed by atoms with Crippen LogP contribution in [0.25, 0.3) is 0 Å². The molecule has 2 amide bonds. The molecule has 0 aromatic heterocycles. The second-order valence-electron chi connectivity index (χ2n) is 5.56. The van der Waals surface area contributed by atoms with Gasteiger partial charge >= 0.3 is 0 Å². The molecule has 0 unspecified atom stereocenters. The predicted molar refractivity (Wildman–Crippen MR) is 91.5 cm³/mol. The molecule has 130 valence electrons. The molecule has 24 heavy (non-hydrogen) atoms. The molecule has 1 rings (SSSR count). The number of aryl methyl sites for hydroxylation is 2. The Morgan fingerprint density at radius 1 is 1.08 bits per heavy atom. The first-order valence-corrected chi connectivity index (χ1v) is 8.14. The van der Waals surface area contributed by atoms with Crippen molar-refractivity contribution in [2.75, 3.05) is 19.7 Å². The number of carbonyl (C=O) groups excluding carboxylic acids is 2. The molecule has 1 aromatic rings. The number of ether oxygens (including phenoxy) is 1. The van der Waals surface area contributed by atoms with Crippen LogP contribution in [-0.2, 0) is 9.59 Å². The van der Waals surface area contributed by atoms with Gasteiger partial charge in [-0.15, -0.1) is 0 Å². The number of nitrogens with zero attached hydrogens (tertiary/aromatic N) is 1. The molecule has 0 bridgehead atoms. The summed E-state index contributed by atoms with van der Waals surface area (Å²) in [7, 11) is 0. The molecule has 0 fully saturated rings. The van der Waals surface area contributed by atoms with Crippen LogP contribution >= 0.6 is 0 Å². The second-order valence-corrected chi connectivity index (χ2v) is 5.56. The van der Waals surface area contributed by atoms with Crippen LogP contribution in [0.4, 0.5) is 0 Å². The molecule has 0 aliphatic heterocycles. The van der Waals surface area contributed by atoms with E-state index in [1.807, 2.05) is 32.0 Å². The maximum atomic E-state index is 11.7. The van der Waals surface area contributed by atoms with Crippen molar-refractivity contribution in [2.45, 2.75) is 39.5 Å². The summed E-state index contributed by atoms with van der Waals surface area (Å²) in [5, 5.41) is 13.7. The fraction of sp³-hybridized carbons (Fsp3) is 0.500. The van der Waals surface area contributed by atoms with Crippen molar-refractivity contribution in [1.29, 1.82) is 5.26 Å². The van der Waals surface area contributed by atoms with Gasteiger partial charge in [-0.1, -0.05) is 18.2 Å². The van der Waals surface area contributed by atoms with Gasteiger partial charge < -0.3 is 15.4 Å². The monoisotopic (exact) mass is 331 g/mol. The van der Waals surface area contributed by atoms with Crippen molar-refractivity contribution in [3.8, 4) is 11.8 Å². The number of nitriles is 1. The van der Waals surface area contributed by atoms with Gasteiger partial charge in [0.15, 0.2) is 0 Å². The molecule has 0 radical (unpaired) electrons. The van der Waals surface area contributed by atoms with Crippen molar-refractivity contribution in [3.05, 3.63) is 29.3 Å². The van der Waals surface area contributed by atoms with Gasteiger partial charge in [-0.3, -0.25) is 9.59 Å². The number of rotatable bonds is 10. The minimum Gasteiger partial charge on any atom is -0.493 e. The molecule has 2 N–H and O–H groups in total. The highest BCUT2D eigenvalue weighted by Gasteiger charge is 2.05. The zero-order valence-electron chi connectivity index (χ0n) is 14.4. The van der Waals surface area contributed by atoms with E-state index in [1.165, 1.54) is 0 Å². The Morgan fingerprint density at radius 3 is 2.33 bits per heavy atom. The molecule has 0 aliphatic carbocycles. The van der Waals surface area contributed by atoms with E-state index in [4.69, 9.17) is 10.00 Å². The van der Waals surface area contributed by atoms with Crippen LogP contribution in [-0.4, -0.2) is 31.5 Å². The molecule has 1 aromatic carbocycles. The lowest BCUT2D eigenvalue weighted by atomic mass is 10.1. The Balaban J connectivity index is 2.08. The summed E-state index contributed by atoms with van der Waals surface area (Å²) in [6.07, 6.45) is 1.57. The van der Waals surface area contributed by atoms with Crippen LogP contribution in [0.2, 0.25) is 0 Å². The molecular formula is C18H25N3O3. The minimum atomic E-state index is -0.285. The van der Waals surface area contributed by atoms with E-state index < -0.39 is 0 Å². The number of hydrogen-bond acceptors (Lipinski definition) is 4. The van der Waals surface area contributed by atoms with Crippen molar-refractivity contribution >= 4 is 11.8 Å². The van der Waals surface area contributed by atoms with E-state index >= 15 is 0 Å². The first-order valence-electron chi connectivity index (χ1n) is 8.14. The Kier molecular flexibility index (Phi) is 8.98. The van der Waals surface area contributed by atoms with Crippen molar-refractivity contribution in [1.82, 2.24) is 10.6 Å². The Bertz CT molecular complexity index is 573. The molecule has 0 spiro atoms. The van der Waals surface area contributed by atoms with Crippen LogP contribution in [0, 0.1) is 25.2 Å². The highest BCUT2D eigenvalue weighted by atomic mass is 16.5. The number of benzene rings is 1. The predicted octanol–water partition coefficient (Wildman–Crippen LogP) is 2.00. The molecule has 0 saturated heterocycles. The molecule has 0 aliphatic rings. The van der Waals surface area contributed by atoms with Gasteiger partial charge in [0.05, 0.1) is 12.7 Å². The maximum Gasteiger partial charge on any atom is 0.234 e. The van der Waals surface area contributed by atoms with Gasteiger partial charge in [0.1, 0.15) is 12.2 Å². The average Bonchev–Trinajstić information content (AvgIpc) is 2.53. The van der Waals surface area contributed by atoms with Crippen LogP contribution in [0.1, 0.15) is 36.8 Å². The van der Waals surface area contributed by atoms with Gasteiger partial charge in [0.25, 0.3) is 0 Å². The van der Waals surface area contributed by atoms with Crippen molar-refractivity contribution < 1.29 is 14.3 Å². The lowest BCUT2D eigenvalue weighted by molar-refractivity contribution is -0.121. The molecule has 6 heteroatoms. The van der Waals surface area contributed by atoms with Crippen molar-refractivity contribution in [3.63, 3.8) is 0 Å². The van der Waals surface area contributed by atoms with Gasteiger partial charge in [-0.25, -0.2) is 0 Å². The number of hydrogen-bond donors (Lipinski definition) is 2. The van der Waals surface area contributed by atoms with Crippen LogP contribution < -0.4 is 15.4 Å².